The smallest absolute Gasteiger partial charge is 0.244 e. The Labute approximate surface area is 124 Å². The molecule has 3 rings (SSSR count). The number of piperazine rings is 1. The molecule has 1 amide bonds. The number of rotatable bonds is 4. The van der Waals surface area contributed by atoms with Crippen LogP contribution in [0.1, 0.15) is 12.8 Å². The standard InChI is InChI=1S/C14H23N5O2/c15-12-8-16-19(9-12)11-14(20)18-5-3-17(4-6-18)10-13-2-1-7-21-13/h8-9,13H,1-7,10-11,15H2. The van der Waals surface area contributed by atoms with Crippen molar-refractivity contribution in [3.63, 3.8) is 0 Å². The lowest BCUT2D eigenvalue weighted by Crippen LogP contribution is -2.51. The van der Waals surface area contributed by atoms with E-state index >= 15 is 0 Å². The second-order valence-electron chi connectivity index (χ2n) is 5.79. The molecular weight excluding hydrogens is 270 g/mol. The Morgan fingerprint density at radius 1 is 1.38 bits per heavy atom. The summed E-state index contributed by atoms with van der Waals surface area (Å²) < 4.78 is 7.26. The summed E-state index contributed by atoms with van der Waals surface area (Å²) in [5.41, 5.74) is 6.19. The lowest BCUT2D eigenvalue weighted by Gasteiger charge is -2.35. The first-order chi connectivity index (χ1) is 10.2. The van der Waals surface area contributed by atoms with E-state index in [1.54, 1.807) is 17.1 Å². The number of carbonyl (C=O) groups excluding carboxylic acids is 1. The van der Waals surface area contributed by atoms with Crippen LogP contribution in [0.2, 0.25) is 0 Å². The summed E-state index contributed by atoms with van der Waals surface area (Å²) in [6, 6.07) is 0. The number of hydrogen-bond donors (Lipinski definition) is 1. The largest absolute Gasteiger partial charge is 0.396 e. The van der Waals surface area contributed by atoms with Gasteiger partial charge in [0, 0.05) is 45.5 Å². The SMILES string of the molecule is Nc1cnn(CC(=O)N2CCN(CC3CCCO3)CC2)c1. The molecular formula is C14H23N5O2. The highest BCUT2D eigenvalue weighted by atomic mass is 16.5. The first-order valence-corrected chi connectivity index (χ1v) is 7.60. The third-order valence-electron chi connectivity index (χ3n) is 4.16. The predicted octanol–water partition coefficient (Wildman–Crippen LogP) is -0.211. The molecule has 2 aliphatic heterocycles. The number of anilines is 1. The van der Waals surface area contributed by atoms with E-state index in [4.69, 9.17) is 10.5 Å². The van der Waals surface area contributed by atoms with Crippen molar-refractivity contribution in [3.8, 4) is 0 Å². The van der Waals surface area contributed by atoms with Crippen LogP contribution >= 0.6 is 0 Å². The molecule has 0 saturated carbocycles. The molecule has 2 saturated heterocycles. The van der Waals surface area contributed by atoms with E-state index in [1.165, 1.54) is 12.8 Å². The lowest BCUT2D eigenvalue weighted by molar-refractivity contribution is -0.134. The molecule has 116 valence electrons. The minimum absolute atomic E-state index is 0.106. The van der Waals surface area contributed by atoms with E-state index in [0.717, 1.165) is 39.3 Å². The molecule has 3 heterocycles. The molecule has 0 radical (unpaired) electrons. The average Bonchev–Trinajstić information content (AvgIpc) is 3.12. The fourth-order valence-corrected chi connectivity index (χ4v) is 2.96. The van der Waals surface area contributed by atoms with Crippen molar-refractivity contribution < 1.29 is 9.53 Å². The Kier molecular flexibility index (Phi) is 4.40. The van der Waals surface area contributed by atoms with Gasteiger partial charge in [0.25, 0.3) is 0 Å². The summed E-state index contributed by atoms with van der Waals surface area (Å²) in [5.74, 6) is 0.106. The molecule has 1 atom stereocenters. The lowest BCUT2D eigenvalue weighted by atomic mass is 10.2. The van der Waals surface area contributed by atoms with Crippen molar-refractivity contribution in [2.45, 2.75) is 25.5 Å². The van der Waals surface area contributed by atoms with Crippen molar-refractivity contribution in [2.24, 2.45) is 0 Å². The summed E-state index contributed by atoms with van der Waals surface area (Å²) in [4.78, 5) is 16.5. The minimum atomic E-state index is 0.106. The molecule has 7 nitrogen and oxygen atoms in total. The first-order valence-electron chi connectivity index (χ1n) is 7.60. The van der Waals surface area contributed by atoms with Crippen molar-refractivity contribution in [2.75, 3.05) is 45.1 Å². The Hall–Kier alpha value is -1.60. The zero-order valence-electron chi connectivity index (χ0n) is 12.3. The molecule has 2 fully saturated rings. The highest BCUT2D eigenvalue weighted by Crippen LogP contribution is 2.14. The number of aromatic nitrogens is 2. The molecule has 21 heavy (non-hydrogen) atoms. The van der Waals surface area contributed by atoms with Crippen LogP contribution in [0.3, 0.4) is 0 Å². The molecule has 1 unspecified atom stereocenters. The Balaban J connectivity index is 1.43. The number of carbonyl (C=O) groups is 1. The zero-order chi connectivity index (χ0) is 14.7. The first kappa shape index (κ1) is 14.3. The van der Waals surface area contributed by atoms with Crippen molar-refractivity contribution in [1.82, 2.24) is 19.6 Å². The third-order valence-corrected chi connectivity index (χ3v) is 4.16. The van der Waals surface area contributed by atoms with Crippen LogP contribution < -0.4 is 5.73 Å². The summed E-state index contributed by atoms with van der Waals surface area (Å²) in [5, 5.41) is 4.05. The van der Waals surface area contributed by atoms with Gasteiger partial charge in [0.2, 0.25) is 5.91 Å². The second kappa shape index (κ2) is 6.44. The van der Waals surface area contributed by atoms with Gasteiger partial charge in [0.05, 0.1) is 18.0 Å². The second-order valence-corrected chi connectivity index (χ2v) is 5.79. The molecule has 1 aromatic rings. The number of ether oxygens (including phenoxy) is 1. The van der Waals surface area contributed by atoms with Gasteiger partial charge in [-0.25, -0.2) is 0 Å². The number of amides is 1. The van der Waals surface area contributed by atoms with Gasteiger partial charge in [-0.2, -0.15) is 5.10 Å². The summed E-state index contributed by atoms with van der Waals surface area (Å²) >= 11 is 0. The van der Waals surface area contributed by atoms with E-state index < -0.39 is 0 Å². The van der Waals surface area contributed by atoms with Gasteiger partial charge in [0.15, 0.2) is 0 Å². The van der Waals surface area contributed by atoms with Crippen LogP contribution in [0.15, 0.2) is 12.4 Å². The van der Waals surface area contributed by atoms with Gasteiger partial charge in [-0.05, 0) is 12.8 Å². The van der Waals surface area contributed by atoms with Gasteiger partial charge in [-0.15, -0.1) is 0 Å². The number of hydrogen-bond acceptors (Lipinski definition) is 5. The monoisotopic (exact) mass is 293 g/mol. The maximum atomic E-state index is 12.2. The molecule has 2 N–H and O–H groups in total. The van der Waals surface area contributed by atoms with Crippen molar-refractivity contribution >= 4 is 11.6 Å². The van der Waals surface area contributed by atoms with Gasteiger partial charge in [-0.3, -0.25) is 14.4 Å². The number of nitrogens with two attached hydrogens (primary N) is 1. The summed E-state index contributed by atoms with van der Waals surface area (Å²) in [6.45, 7) is 5.57. The van der Waals surface area contributed by atoms with E-state index in [1.807, 2.05) is 4.90 Å². The van der Waals surface area contributed by atoms with Gasteiger partial charge in [-0.1, -0.05) is 0 Å². The van der Waals surface area contributed by atoms with Crippen LogP contribution in [0.4, 0.5) is 5.69 Å². The minimum Gasteiger partial charge on any atom is -0.396 e. The van der Waals surface area contributed by atoms with Gasteiger partial charge in [0.1, 0.15) is 6.54 Å². The maximum absolute atomic E-state index is 12.2. The van der Waals surface area contributed by atoms with Crippen LogP contribution in [0.5, 0.6) is 0 Å². The number of nitrogen functional groups attached to an aromatic ring is 1. The van der Waals surface area contributed by atoms with E-state index in [9.17, 15) is 4.79 Å². The number of nitrogens with zero attached hydrogens (tertiary/aromatic N) is 4. The average molecular weight is 293 g/mol. The third kappa shape index (κ3) is 3.74. The molecule has 0 spiro atoms. The van der Waals surface area contributed by atoms with Crippen LogP contribution in [-0.2, 0) is 16.1 Å². The summed E-state index contributed by atoms with van der Waals surface area (Å²) in [7, 11) is 0. The van der Waals surface area contributed by atoms with Crippen LogP contribution in [0, 0.1) is 0 Å². The zero-order valence-corrected chi connectivity index (χ0v) is 12.3. The van der Waals surface area contributed by atoms with E-state index in [2.05, 4.69) is 10.00 Å². The van der Waals surface area contributed by atoms with Crippen LogP contribution in [-0.4, -0.2) is 70.9 Å². The fourth-order valence-electron chi connectivity index (χ4n) is 2.96. The van der Waals surface area contributed by atoms with Crippen LogP contribution in [0.25, 0.3) is 0 Å². The maximum Gasteiger partial charge on any atom is 0.244 e. The van der Waals surface area contributed by atoms with Crippen molar-refractivity contribution in [3.05, 3.63) is 12.4 Å². The molecule has 7 heteroatoms. The topological polar surface area (TPSA) is 76.6 Å². The highest BCUT2D eigenvalue weighted by Gasteiger charge is 2.24. The Morgan fingerprint density at radius 2 is 2.19 bits per heavy atom. The summed E-state index contributed by atoms with van der Waals surface area (Å²) in [6.07, 6.45) is 5.98. The predicted molar refractivity (Wildman–Crippen MR) is 78.6 cm³/mol. The van der Waals surface area contributed by atoms with E-state index in [0.29, 0.717) is 11.8 Å². The van der Waals surface area contributed by atoms with E-state index in [-0.39, 0.29) is 12.5 Å². The fraction of sp³-hybridized carbons (Fsp3) is 0.714. The molecule has 0 aromatic carbocycles. The molecule has 0 aliphatic carbocycles. The Morgan fingerprint density at radius 3 is 2.81 bits per heavy atom. The van der Waals surface area contributed by atoms with Crippen molar-refractivity contribution in [1.29, 1.82) is 0 Å². The molecule has 0 bridgehead atoms. The Bertz CT molecular complexity index is 475. The van der Waals surface area contributed by atoms with Gasteiger partial charge >= 0.3 is 0 Å². The highest BCUT2D eigenvalue weighted by molar-refractivity contribution is 5.76. The molecule has 2 aliphatic rings. The normalized spacial score (nSPS) is 23.6. The molecule has 1 aromatic heterocycles. The quantitative estimate of drug-likeness (QED) is 0.831. The van der Waals surface area contributed by atoms with Gasteiger partial charge < -0.3 is 15.4 Å².